The van der Waals surface area contributed by atoms with E-state index in [-0.39, 0.29) is 11.5 Å². The molecule has 0 saturated carbocycles. The Morgan fingerprint density at radius 3 is 2.71 bits per heavy atom. The average Bonchev–Trinajstić information content (AvgIpc) is 2.80. The normalized spacial score (nSPS) is 15.0. The molecule has 1 fully saturated rings. The van der Waals surface area contributed by atoms with E-state index in [1.807, 2.05) is 25.1 Å². The van der Waals surface area contributed by atoms with E-state index in [2.05, 4.69) is 27.0 Å². The van der Waals surface area contributed by atoms with Crippen LogP contribution in [-0.4, -0.2) is 46.7 Å². The fourth-order valence-electron chi connectivity index (χ4n) is 4.04. The molecule has 0 amide bonds. The molecule has 1 aliphatic rings. The van der Waals surface area contributed by atoms with Gasteiger partial charge in [-0.25, -0.2) is 4.98 Å². The number of aromatic nitrogens is 3. The summed E-state index contributed by atoms with van der Waals surface area (Å²) >= 11 is 0. The minimum Gasteiger partial charge on any atom is -0.493 e. The molecule has 1 aliphatic heterocycles. The van der Waals surface area contributed by atoms with Crippen LogP contribution in [0.5, 0.6) is 11.5 Å². The van der Waals surface area contributed by atoms with Gasteiger partial charge in [0.05, 0.1) is 19.4 Å². The summed E-state index contributed by atoms with van der Waals surface area (Å²) in [4.78, 5) is 26.5. The number of H-pyrrole nitrogens is 1. The molecule has 0 aliphatic carbocycles. The minimum atomic E-state index is -0.118. The van der Waals surface area contributed by atoms with Crippen LogP contribution >= 0.6 is 0 Å². The lowest BCUT2D eigenvalue weighted by atomic mass is 9.95. The van der Waals surface area contributed by atoms with Gasteiger partial charge in [0.15, 0.2) is 11.5 Å². The second-order valence-corrected chi connectivity index (χ2v) is 7.73. The van der Waals surface area contributed by atoms with Crippen molar-refractivity contribution < 1.29 is 9.47 Å². The molecule has 0 spiro atoms. The summed E-state index contributed by atoms with van der Waals surface area (Å²) in [5.74, 6) is 2.56. The Morgan fingerprint density at radius 1 is 1.16 bits per heavy atom. The van der Waals surface area contributed by atoms with E-state index in [1.54, 1.807) is 19.5 Å². The van der Waals surface area contributed by atoms with Crippen molar-refractivity contribution >= 4 is 0 Å². The van der Waals surface area contributed by atoms with Crippen LogP contribution in [0.2, 0.25) is 0 Å². The summed E-state index contributed by atoms with van der Waals surface area (Å²) in [6.07, 6.45) is 5.36. The number of hydrogen-bond acceptors (Lipinski definition) is 6. The number of likely N-dealkylation sites (tertiary alicyclic amines) is 1. The van der Waals surface area contributed by atoms with Gasteiger partial charge in [-0.2, -0.15) is 0 Å². The second-order valence-electron chi connectivity index (χ2n) is 7.73. The highest BCUT2D eigenvalue weighted by atomic mass is 16.5. The topological polar surface area (TPSA) is 80.3 Å². The molecule has 0 radical (unpaired) electrons. The van der Waals surface area contributed by atoms with Crippen LogP contribution in [0.1, 0.15) is 37.1 Å². The highest BCUT2D eigenvalue weighted by molar-refractivity contribution is 5.56. The molecule has 7 heteroatoms. The predicted molar refractivity (Wildman–Crippen MR) is 120 cm³/mol. The molecular weight excluding hydrogens is 392 g/mol. The zero-order valence-electron chi connectivity index (χ0n) is 18.0. The molecule has 3 heterocycles. The lowest BCUT2D eigenvalue weighted by molar-refractivity contribution is 0.201. The van der Waals surface area contributed by atoms with Crippen LogP contribution in [0.25, 0.3) is 11.3 Å². The number of nitrogens with zero attached hydrogens (tertiary/aromatic N) is 3. The first kappa shape index (κ1) is 21.1. The van der Waals surface area contributed by atoms with Gasteiger partial charge >= 0.3 is 0 Å². The molecular formula is C24H28N4O3. The fraction of sp³-hybridized carbons (Fsp3) is 0.375. The van der Waals surface area contributed by atoms with E-state index < -0.39 is 0 Å². The summed E-state index contributed by atoms with van der Waals surface area (Å²) in [7, 11) is 1.66. The van der Waals surface area contributed by atoms with Gasteiger partial charge in [-0.15, -0.1) is 0 Å². The average molecular weight is 421 g/mol. The van der Waals surface area contributed by atoms with E-state index in [4.69, 9.17) is 14.5 Å². The Balaban J connectivity index is 1.42. The first-order valence-electron chi connectivity index (χ1n) is 10.7. The van der Waals surface area contributed by atoms with Gasteiger partial charge < -0.3 is 14.5 Å². The number of methoxy groups -OCH3 is 1. The summed E-state index contributed by atoms with van der Waals surface area (Å²) < 4.78 is 11.1. The van der Waals surface area contributed by atoms with Gasteiger partial charge in [-0.3, -0.25) is 14.7 Å². The lowest BCUT2D eigenvalue weighted by Crippen LogP contribution is -2.33. The van der Waals surface area contributed by atoms with E-state index in [9.17, 15) is 4.79 Å². The molecule has 0 bridgehead atoms. The molecule has 3 aromatic rings. The number of ether oxygens (including phenoxy) is 2. The fourth-order valence-corrected chi connectivity index (χ4v) is 4.04. The van der Waals surface area contributed by atoms with Crippen LogP contribution in [0.3, 0.4) is 0 Å². The third kappa shape index (κ3) is 5.11. The van der Waals surface area contributed by atoms with Crippen molar-refractivity contribution in [3.63, 3.8) is 0 Å². The lowest BCUT2D eigenvalue weighted by Gasteiger charge is -2.31. The Labute approximate surface area is 182 Å². The number of benzene rings is 1. The second kappa shape index (κ2) is 9.75. The van der Waals surface area contributed by atoms with Gasteiger partial charge in [-0.05, 0) is 62.7 Å². The standard InChI is InChI=1S/C24H28N4O3/c1-3-31-22-13-17(6-7-21(22)30-2)16-28-11-8-18(9-12-28)24-26-20(14-23(29)27-24)19-5-4-10-25-15-19/h4-7,10,13-15,18H,3,8-9,11-12,16H2,1-2H3,(H,26,27,29). The van der Waals surface area contributed by atoms with Crippen LogP contribution in [0, 0.1) is 0 Å². The van der Waals surface area contributed by atoms with Crippen molar-refractivity contribution in [3.05, 3.63) is 70.5 Å². The minimum absolute atomic E-state index is 0.118. The van der Waals surface area contributed by atoms with Crippen molar-refractivity contribution in [1.82, 2.24) is 19.9 Å². The number of pyridine rings is 1. The van der Waals surface area contributed by atoms with E-state index in [0.717, 1.165) is 55.4 Å². The SMILES string of the molecule is CCOc1cc(CN2CCC(c3nc(-c4cccnc4)cc(=O)[nH]3)CC2)ccc1OC. The Hall–Kier alpha value is -3.19. The number of nitrogens with one attached hydrogen (secondary N) is 1. The zero-order valence-corrected chi connectivity index (χ0v) is 18.0. The van der Waals surface area contributed by atoms with Crippen LogP contribution < -0.4 is 15.0 Å². The van der Waals surface area contributed by atoms with Gasteiger partial charge in [-0.1, -0.05) is 6.07 Å². The molecule has 31 heavy (non-hydrogen) atoms. The molecule has 162 valence electrons. The highest BCUT2D eigenvalue weighted by Crippen LogP contribution is 2.30. The first-order chi connectivity index (χ1) is 15.2. The summed E-state index contributed by atoms with van der Waals surface area (Å²) in [5, 5.41) is 0. The molecule has 4 rings (SSSR count). The maximum Gasteiger partial charge on any atom is 0.251 e. The number of hydrogen-bond donors (Lipinski definition) is 1. The van der Waals surface area contributed by atoms with Crippen LogP contribution in [0.15, 0.2) is 53.6 Å². The Kier molecular flexibility index (Phi) is 6.62. The molecule has 1 saturated heterocycles. The third-order valence-electron chi connectivity index (χ3n) is 5.63. The predicted octanol–water partition coefficient (Wildman–Crippen LogP) is 3.62. The van der Waals surface area contributed by atoms with Crippen molar-refractivity contribution in [2.75, 3.05) is 26.8 Å². The number of piperidine rings is 1. The van der Waals surface area contributed by atoms with E-state index in [1.165, 1.54) is 11.6 Å². The monoisotopic (exact) mass is 420 g/mol. The quantitative estimate of drug-likeness (QED) is 0.629. The zero-order chi connectivity index (χ0) is 21.6. The summed E-state index contributed by atoms with van der Waals surface area (Å²) in [6.45, 7) is 5.33. The Morgan fingerprint density at radius 2 is 2.00 bits per heavy atom. The molecule has 0 atom stereocenters. The molecule has 0 unspecified atom stereocenters. The van der Waals surface area contributed by atoms with Gasteiger partial charge in [0.25, 0.3) is 5.56 Å². The molecule has 1 aromatic carbocycles. The van der Waals surface area contributed by atoms with Crippen LogP contribution in [0.4, 0.5) is 0 Å². The van der Waals surface area contributed by atoms with Gasteiger partial charge in [0.2, 0.25) is 0 Å². The molecule has 2 aromatic heterocycles. The van der Waals surface area contributed by atoms with Crippen LogP contribution in [-0.2, 0) is 6.54 Å². The smallest absolute Gasteiger partial charge is 0.251 e. The van der Waals surface area contributed by atoms with Gasteiger partial charge in [0.1, 0.15) is 5.82 Å². The highest BCUT2D eigenvalue weighted by Gasteiger charge is 2.23. The van der Waals surface area contributed by atoms with E-state index in [0.29, 0.717) is 12.3 Å². The van der Waals surface area contributed by atoms with Crippen molar-refractivity contribution in [3.8, 4) is 22.8 Å². The molecule has 7 nitrogen and oxygen atoms in total. The number of rotatable bonds is 7. The Bertz CT molecular complexity index is 1060. The maximum absolute atomic E-state index is 12.2. The number of aromatic amines is 1. The first-order valence-corrected chi connectivity index (χ1v) is 10.7. The maximum atomic E-state index is 12.2. The van der Waals surface area contributed by atoms with Gasteiger partial charge in [0, 0.05) is 36.5 Å². The third-order valence-corrected chi connectivity index (χ3v) is 5.63. The van der Waals surface area contributed by atoms with E-state index >= 15 is 0 Å². The largest absolute Gasteiger partial charge is 0.493 e. The van der Waals surface area contributed by atoms with Crippen molar-refractivity contribution in [1.29, 1.82) is 0 Å². The van der Waals surface area contributed by atoms with Crippen molar-refractivity contribution in [2.45, 2.75) is 32.2 Å². The summed E-state index contributed by atoms with van der Waals surface area (Å²) in [6, 6.07) is 11.4. The molecule has 1 N–H and O–H groups in total. The summed E-state index contributed by atoms with van der Waals surface area (Å²) in [5.41, 5.74) is 2.62. The van der Waals surface area contributed by atoms with Crippen molar-refractivity contribution in [2.24, 2.45) is 0 Å².